The molecule has 0 radical (unpaired) electrons. The van der Waals surface area contributed by atoms with Gasteiger partial charge in [-0.05, 0) is 12.8 Å². The van der Waals surface area contributed by atoms with Gasteiger partial charge >= 0.3 is 6.18 Å². The average molecular weight is 291 g/mol. The molecular weight excluding hydrogens is 275 g/mol. The first-order chi connectivity index (χ1) is 9.36. The van der Waals surface area contributed by atoms with Crippen LogP contribution in [0.2, 0.25) is 0 Å². The van der Waals surface area contributed by atoms with Gasteiger partial charge in [-0.15, -0.1) is 0 Å². The third kappa shape index (κ3) is 3.69. The molecule has 20 heavy (non-hydrogen) atoms. The van der Waals surface area contributed by atoms with E-state index in [1.165, 1.54) is 11.0 Å². The van der Waals surface area contributed by atoms with Crippen LogP contribution in [0.4, 0.5) is 13.2 Å². The molecule has 2 atom stereocenters. The standard InChI is InChI=1S/C11H16F3N5O/c1-19-6-17-9(18-19)5-16-10(20)8-3-2-7(4-15-8)11(12,13)14/h6-8,15H,2-5H2,1H3,(H,16,20). The summed E-state index contributed by atoms with van der Waals surface area (Å²) < 4.78 is 39.0. The number of aromatic nitrogens is 3. The maximum atomic E-state index is 12.5. The number of nitrogens with zero attached hydrogens (tertiary/aromatic N) is 3. The number of carbonyl (C=O) groups excluding carboxylic acids is 1. The van der Waals surface area contributed by atoms with Crippen LogP contribution < -0.4 is 10.6 Å². The number of hydrogen-bond donors (Lipinski definition) is 2. The molecule has 0 bridgehead atoms. The molecule has 2 rings (SSSR count). The Bertz CT molecular complexity index is 465. The largest absolute Gasteiger partial charge is 0.393 e. The van der Waals surface area contributed by atoms with E-state index in [2.05, 4.69) is 20.7 Å². The van der Waals surface area contributed by atoms with Crippen LogP contribution in [-0.4, -0.2) is 39.4 Å². The molecular formula is C11H16F3N5O. The molecule has 1 fully saturated rings. The molecule has 1 amide bonds. The molecule has 1 aromatic rings. The molecule has 0 spiro atoms. The number of nitrogens with one attached hydrogen (secondary N) is 2. The van der Waals surface area contributed by atoms with Gasteiger partial charge in [0.15, 0.2) is 5.82 Å². The van der Waals surface area contributed by atoms with E-state index in [0.29, 0.717) is 5.82 Å². The SMILES string of the molecule is Cn1cnc(CNC(=O)C2CCC(C(F)(F)F)CN2)n1. The first-order valence-electron chi connectivity index (χ1n) is 6.28. The van der Waals surface area contributed by atoms with Crippen LogP contribution in [0.15, 0.2) is 6.33 Å². The molecule has 1 saturated heterocycles. The third-order valence-electron chi connectivity index (χ3n) is 3.26. The summed E-state index contributed by atoms with van der Waals surface area (Å²) in [5.74, 6) is -1.23. The number of aryl methyl sites for hydroxylation is 1. The fourth-order valence-corrected chi connectivity index (χ4v) is 2.11. The molecule has 2 heterocycles. The van der Waals surface area contributed by atoms with Gasteiger partial charge in [0.1, 0.15) is 6.33 Å². The van der Waals surface area contributed by atoms with Crippen LogP contribution in [0.1, 0.15) is 18.7 Å². The average Bonchev–Trinajstić information content (AvgIpc) is 2.81. The van der Waals surface area contributed by atoms with E-state index in [0.717, 1.165) is 0 Å². The van der Waals surface area contributed by atoms with Gasteiger partial charge in [0.2, 0.25) is 5.91 Å². The van der Waals surface area contributed by atoms with Crippen molar-refractivity contribution in [3.8, 4) is 0 Å². The smallest absolute Gasteiger partial charge is 0.347 e. The lowest BCUT2D eigenvalue weighted by Crippen LogP contribution is -2.51. The van der Waals surface area contributed by atoms with Crippen LogP contribution in [0.25, 0.3) is 0 Å². The van der Waals surface area contributed by atoms with Crippen LogP contribution in [0.5, 0.6) is 0 Å². The predicted molar refractivity (Wildman–Crippen MR) is 63.4 cm³/mol. The highest BCUT2D eigenvalue weighted by Gasteiger charge is 2.42. The fraction of sp³-hybridized carbons (Fsp3) is 0.727. The van der Waals surface area contributed by atoms with Crippen molar-refractivity contribution in [3.05, 3.63) is 12.2 Å². The fourth-order valence-electron chi connectivity index (χ4n) is 2.11. The number of rotatable bonds is 3. The number of piperidine rings is 1. The minimum absolute atomic E-state index is 0.0313. The highest BCUT2D eigenvalue weighted by atomic mass is 19.4. The summed E-state index contributed by atoms with van der Waals surface area (Å²) in [5.41, 5.74) is 0. The molecule has 1 aliphatic heterocycles. The lowest BCUT2D eigenvalue weighted by molar-refractivity contribution is -0.180. The van der Waals surface area contributed by atoms with Gasteiger partial charge in [-0.2, -0.15) is 18.3 Å². The minimum Gasteiger partial charge on any atom is -0.347 e. The Kier molecular flexibility index (Phi) is 4.26. The number of carbonyl (C=O) groups is 1. The summed E-state index contributed by atoms with van der Waals surface area (Å²) >= 11 is 0. The van der Waals surface area contributed by atoms with E-state index in [4.69, 9.17) is 0 Å². The molecule has 2 unspecified atom stereocenters. The van der Waals surface area contributed by atoms with Gasteiger partial charge in [0.05, 0.1) is 18.5 Å². The topological polar surface area (TPSA) is 71.8 Å². The van der Waals surface area contributed by atoms with Crippen molar-refractivity contribution >= 4 is 5.91 Å². The number of halogens is 3. The zero-order valence-corrected chi connectivity index (χ0v) is 10.9. The van der Waals surface area contributed by atoms with Crippen molar-refractivity contribution in [2.45, 2.75) is 31.6 Å². The lowest BCUT2D eigenvalue weighted by Gasteiger charge is -2.30. The summed E-state index contributed by atoms with van der Waals surface area (Å²) in [4.78, 5) is 15.8. The van der Waals surface area contributed by atoms with Crippen LogP contribution >= 0.6 is 0 Å². The van der Waals surface area contributed by atoms with Gasteiger partial charge in [-0.1, -0.05) is 0 Å². The van der Waals surface area contributed by atoms with Crippen molar-refractivity contribution in [2.75, 3.05) is 6.54 Å². The van der Waals surface area contributed by atoms with Gasteiger partial charge in [0, 0.05) is 13.6 Å². The van der Waals surface area contributed by atoms with Crippen molar-refractivity contribution in [3.63, 3.8) is 0 Å². The maximum absolute atomic E-state index is 12.5. The molecule has 1 aromatic heterocycles. The van der Waals surface area contributed by atoms with Crippen molar-refractivity contribution in [1.82, 2.24) is 25.4 Å². The molecule has 2 N–H and O–H groups in total. The van der Waals surface area contributed by atoms with Gasteiger partial charge < -0.3 is 10.6 Å². The lowest BCUT2D eigenvalue weighted by atomic mass is 9.94. The van der Waals surface area contributed by atoms with Crippen molar-refractivity contribution < 1.29 is 18.0 Å². The zero-order chi connectivity index (χ0) is 14.8. The number of amides is 1. The van der Waals surface area contributed by atoms with Crippen LogP contribution in [-0.2, 0) is 18.4 Å². The quantitative estimate of drug-likeness (QED) is 0.843. The van der Waals surface area contributed by atoms with E-state index >= 15 is 0 Å². The number of hydrogen-bond acceptors (Lipinski definition) is 4. The van der Waals surface area contributed by atoms with Gasteiger partial charge in [-0.3, -0.25) is 9.48 Å². The summed E-state index contributed by atoms with van der Waals surface area (Å²) in [7, 11) is 1.71. The zero-order valence-electron chi connectivity index (χ0n) is 10.9. The molecule has 1 aliphatic rings. The first kappa shape index (κ1) is 14.8. The Balaban J connectivity index is 1.77. The van der Waals surface area contributed by atoms with E-state index in [1.807, 2.05) is 0 Å². The summed E-state index contributed by atoms with van der Waals surface area (Å²) in [6.45, 7) is -0.0516. The second kappa shape index (κ2) is 5.78. The highest BCUT2D eigenvalue weighted by Crippen LogP contribution is 2.31. The van der Waals surface area contributed by atoms with Gasteiger partial charge in [0.25, 0.3) is 0 Å². The van der Waals surface area contributed by atoms with E-state index in [-0.39, 0.29) is 31.8 Å². The van der Waals surface area contributed by atoms with E-state index in [1.54, 1.807) is 7.05 Å². The molecule has 9 heteroatoms. The van der Waals surface area contributed by atoms with Crippen LogP contribution in [0, 0.1) is 5.92 Å². The third-order valence-corrected chi connectivity index (χ3v) is 3.26. The Labute approximate surface area is 113 Å². The Morgan fingerprint density at radius 2 is 2.30 bits per heavy atom. The highest BCUT2D eigenvalue weighted by molar-refractivity contribution is 5.81. The maximum Gasteiger partial charge on any atom is 0.393 e. The minimum atomic E-state index is -4.20. The second-order valence-corrected chi connectivity index (χ2v) is 4.83. The Morgan fingerprint density at radius 3 is 2.80 bits per heavy atom. The molecule has 6 nitrogen and oxygen atoms in total. The first-order valence-corrected chi connectivity index (χ1v) is 6.28. The second-order valence-electron chi connectivity index (χ2n) is 4.83. The summed E-state index contributed by atoms with van der Waals surface area (Å²) in [5, 5.41) is 9.25. The molecule has 0 aromatic carbocycles. The van der Waals surface area contributed by atoms with E-state index in [9.17, 15) is 18.0 Å². The van der Waals surface area contributed by atoms with Crippen molar-refractivity contribution in [2.24, 2.45) is 13.0 Å². The molecule has 0 saturated carbocycles. The summed E-state index contributed by atoms with van der Waals surface area (Å²) in [6.07, 6.45) is -2.55. The predicted octanol–water partition coefficient (Wildman–Crippen LogP) is 0.362. The molecule has 112 valence electrons. The van der Waals surface area contributed by atoms with Crippen LogP contribution in [0.3, 0.4) is 0 Å². The Hall–Kier alpha value is -1.64. The van der Waals surface area contributed by atoms with Gasteiger partial charge in [-0.25, -0.2) is 4.98 Å². The summed E-state index contributed by atoms with van der Waals surface area (Å²) in [6, 6.07) is -0.586. The number of alkyl halides is 3. The Morgan fingerprint density at radius 1 is 1.55 bits per heavy atom. The normalized spacial score (nSPS) is 23.6. The van der Waals surface area contributed by atoms with Crippen molar-refractivity contribution in [1.29, 1.82) is 0 Å². The molecule has 0 aliphatic carbocycles. The monoisotopic (exact) mass is 291 g/mol. The van der Waals surface area contributed by atoms with E-state index < -0.39 is 18.1 Å².